The zero-order valence-electron chi connectivity index (χ0n) is 11.6. The molecule has 1 aromatic rings. The van der Waals surface area contributed by atoms with Crippen molar-refractivity contribution in [1.29, 1.82) is 5.26 Å². The minimum atomic E-state index is -0.334. The Labute approximate surface area is 126 Å². The van der Waals surface area contributed by atoms with Crippen LogP contribution in [0.3, 0.4) is 0 Å². The quantitative estimate of drug-likeness (QED) is 0.634. The normalized spacial score (nSPS) is 16.4. The number of ketones is 1. The second-order valence-electron chi connectivity index (χ2n) is 5.49. The van der Waals surface area contributed by atoms with Gasteiger partial charge in [-0.2, -0.15) is 5.26 Å². The minimum Gasteiger partial charge on any atom is -0.468 e. The van der Waals surface area contributed by atoms with Crippen molar-refractivity contribution in [3.63, 3.8) is 0 Å². The van der Waals surface area contributed by atoms with Gasteiger partial charge in [-0.25, -0.2) is 0 Å². The average Bonchev–Trinajstić information content (AvgIpc) is 2.72. The first-order valence-electron chi connectivity index (χ1n) is 6.16. The molecule has 1 aromatic heterocycles. The molecule has 0 fully saturated rings. The molecule has 0 atom stereocenters. The van der Waals surface area contributed by atoms with Crippen LogP contribution in [0.5, 0.6) is 0 Å². The molecular formula is C14H15NO3S2. The van der Waals surface area contributed by atoms with Crippen LogP contribution in [0, 0.1) is 16.7 Å². The Morgan fingerprint density at radius 2 is 2.20 bits per heavy atom. The van der Waals surface area contributed by atoms with Gasteiger partial charge in [0.25, 0.3) is 0 Å². The molecule has 0 amide bonds. The van der Waals surface area contributed by atoms with Gasteiger partial charge in [0.1, 0.15) is 10.9 Å². The third kappa shape index (κ3) is 2.89. The van der Waals surface area contributed by atoms with Crippen molar-refractivity contribution in [2.24, 2.45) is 5.41 Å². The van der Waals surface area contributed by atoms with E-state index in [1.54, 1.807) is 0 Å². The highest BCUT2D eigenvalue weighted by Gasteiger charge is 2.36. The molecule has 0 aromatic carbocycles. The molecule has 4 nitrogen and oxygen atoms in total. The monoisotopic (exact) mass is 309 g/mol. The molecule has 1 heterocycles. The fourth-order valence-electron chi connectivity index (χ4n) is 2.33. The summed E-state index contributed by atoms with van der Waals surface area (Å²) in [6.07, 6.45) is 1.21. The molecule has 0 N–H and O–H groups in total. The van der Waals surface area contributed by atoms with E-state index in [1.165, 1.54) is 30.2 Å². The molecule has 0 bridgehead atoms. The topological polar surface area (TPSA) is 67.2 Å². The standard InChI is InChI=1S/C14H15NO3S2/c1-14(2)4-8-10(6-15)20-13(12(8)9(16)5-14)19-7-11(17)18-3/h4-5,7H2,1-3H3. The van der Waals surface area contributed by atoms with Gasteiger partial charge in [0.2, 0.25) is 0 Å². The second kappa shape index (κ2) is 5.58. The summed E-state index contributed by atoms with van der Waals surface area (Å²) < 4.78 is 5.37. The van der Waals surface area contributed by atoms with E-state index >= 15 is 0 Å². The highest BCUT2D eigenvalue weighted by Crippen LogP contribution is 2.44. The predicted molar refractivity (Wildman–Crippen MR) is 78.2 cm³/mol. The number of rotatable bonds is 3. The Bertz CT molecular complexity index is 611. The van der Waals surface area contributed by atoms with Gasteiger partial charge >= 0.3 is 5.97 Å². The van der Waals surface area contributed by atoms with Crippen molar-refractivity contribution in [3.05, 3.63) is 16.0 Å². The maximum atomic E-state index is 12.3. The molecule has 20 heavy (non-hydrogen) atoms. The molecule has 0 radical (unpaired) electrons. The summed E-state index contributed by atoms with van der Waals surface area (Å²) >= 11 is 2.59. The van der Waals surface area contributed by atoms with Crippen LogP contribution in [0.4, 0.5) is 0 Å². The number of ether oxygens (including phenoxy) is 1. The molecular weight excluding hydrogens is 294 g/mol. The van der Waals surface area contributed by atoms with E-state index in [0.717, 1.165) is 16.2 Å². The maximum Gasteiger partial charge on any atom is 0.316 e. The first-order valence-corrected chi connectivity index (χ1v) is 7.97. The van der Waals surface area contributed by atoms with Gasteiger partial charge in [0.15, 0.2) is 5.78 Å². The third-order valence-corrected chi connectivity index (χ3v) is 5.58. The number of hydrogen-bond donors (Lipinski definition) is 0. The number of hydrogen-bond acceptors (Lipinski definition) is 6. The van der Waals surface area contributed by atoms with Crippen molar-refractivity contribution in [2.45, 2.75) is 30.9 Å². The summed E-state index contributed by atoms with van der Waals surface area (Å²) in [5, 5.41) is 9.24. The first kappa shape index (κ1) is 15.1. The fraction of sp³-hybridized carbons (Fsp3) is 0.500. The van der Waals surface area contributed by atoms with Gasteiger partial charge in [-0.05, 0) is 17.4 Å². The molecule has 0 saturated heterocycles. The second-order valence-corrected chi connectivity index (χ2v) is 7.75. The first-order chi connectivity index (χ1) is 9.38. The van der Waals surface area contributed by atoms with Crippen molar-refractivity contribution < 1.29 is 14.3 Å². The molecule has 0 unspecified atom stereocenters. The summed E-state index contributed by atoms with van der Waals surface area (Å²) in [6.45, 7) is 4.07. The zero-order valence-corrected chi connectivity index (χ0v) is 13.2. The number of esters is 1. The van der Waals surface area contributed by atoms with E-state index < -0.39 is 0 Å². The highest BCUT2D eigenvalue weighted by atomic mass is 32.2. The Hall–Kier alpha value is -1.32. The average molecular weight is 309 g/mol. The fourth-order valence-corrected chi connectivity index (χ4v) is 4.61. The number of nitriles is 1. The molecule has 0 saturated carbocycles. The molecule has 0 aliphatic heterocycles. The molecule has 1 aliphatic rings. The number of fused-ring (bicyclic) bond motifs is 1. The van der Waals surface area contributed by atoms with E-state index in [1.807, 2.05) is 13.8 Å². The van der Waals surface area contributed by atoms with Gasteiger partial charge < -0.3 is 4.74 Å². The van der Waals surface area contributed by atoms with Crippen LogP contribution >= 0.6 is 23.1 Å². The number of nitrogens with zero attached hydrogens (tertiary/aromatic N) is 1. The summed E-state index contributed by atoms with van der Waals surface area (Å²) in [5.74, 6) is -0.106. The Kier molecular flexibility index (Phi) is 4.21. The van der Waals surface area contributed by atoms with Gasteiger partial charge in [0, 0.05) is 12.0 Å². The highest BCUT2D eigenvalue weighted by molar-refractivity contribution is 8.01. The summed E-state index contributed by atoms with van der Waals surface area (Å²) in [6, 6.07) is 2.17. The van der Waals surface area contributed by atoms with Crippen molar-refractivity contribution in [3.8, 4) is 6.07 Å². The number of thioether (sulfide) groups is 1. The van der Waals surface area contributed by atoms with E-state index in [0.29, 0.717) is 16.9 Å². The van der Waals surface area contributed by atoms with Crippen LogP contribution in [-0.4, -0.2) is 24.6 Å². The lowest BCUT2D eigenvalue weighted by molar-refractivity contribution is -0.137. The Morgan fingerprint density at radius 1 is 1.50 bits per heavy atom. The van der Waals surface area contributed by atoms with Gasteiger partial charge in [-0.15, -0.1) is 23.1 Å². The van der Waals surface area contributed by atoms with Crippen LogP contribution in [0.25, 0.3) is 0 Å². The lowest BCUT2D eigenvalue weighted by Gasteiger charge is -2.28. The largest absolute Gasteiger partial charge is 0.468 e. The van der Waals surface area contributed by atoms with E-state index in [4.69, 9.17) is 0 Å². The molecule has 1 aliphatic carbocycles. The van der Waals surface area contributed by atoms with Crippen LogP contribution in [0.15, 0.2) is 4.21 Å². The predicted octanol–water partition coefficient (Wildman–Crippen LogP) is 3.04. The van der Waals surface area contributed by atoms with Crippen molar-refractivity contribution >= 4 is 34.9 Å². The molecule has 0 spiro atoms. The number of thiophene rings is 1. The van der Waals surface area contributed by atoms with Crippen molar-refractivity contribution in [2.75, 3.05) is 12.9 Å². The molecule has 2 rings (SSSR count). The van der Waals surface area contributed by atoms with E-state index in [-0.39, 0.29) is 22.9 Å². The lowest BCUT2D eigenvalue weighted by Crippen LogP contribution is -2.26. The summed E-state index contributed by atoms with van der Waals surface area (Å²) in [5.41, 5.74) is 1.40. The minimum absolute atomic E-state index is 0.0707. The van der Waals surface area contributed by atoms with E-state index in [9.17, 15) is 14.9 Å². The third-order valence-electron chi connectivity index (χ3n) is 3.20. The number of Topliss-reactive ketones (excluding diaryl/α,β-unsaturated/α-hetero) is 1. The van der Waals surface area contributed by atoms with Crippen molar-refractivity contribution in [1.82, 2.24) is 0 Å². The van der Waals surface area contributed by atoms with Gasteiger partial charge in [0.05, 0.1) is 17.1 Å². The van der Waals surface area contributed by atoms with Gasteiger partial charge in [-0.3, -0.25) is 9.59 Å². The van der Waals surface area contributed by atoms with Gasteiger partial charge in [-0.1, -0.05) is 13.8 Å². The Balaban J connectivity index is 2.37. The molecule has 6 heteroatoms. The van der Waals surface area contributed by atoms with Crippen LogP contribution in [0.1, 0.15) is 41.1 Å². The smallest absolute Gasteiger partial charge is 0.316 e. The molecule has 106 valence electrons. The Morgan fingerprint density at radius 3 is 2.80 bits per heavy atom. The zero-order chi connectivity index (χ0) is 14.9. The summed E-state index contributed by atoms with van der Waals surface area (Å²) in [4.78, 5) is 24.2. The SMILES string of the molecule is COC(=O)CSc1sc(C#N)c2c1C(=O)CC(C)(C)C2. The number of carbonyl (C=O) groups excluding carboxylic acids is 2. The van der Waals surface area contributed by atoms with E-state index in [2.05, 4.69) is 10.8 Å². The number of methoxy groups -OCH3 is 1. The lowest BCUT2D eigenvalue weighted by atomic mass is 9.74. The maximum absolute atomic E-state index is 12.3. The van der Waals surface area contributed by atoms with Crippen LogP contribution in [-0.2, 0) is 16.0 Å². The van der Waals surface area contributed by atoms with Crippen LogP contribution < -0.4 is 0 Å². The summed E-state index contributed by atoms with van der Waals surface area (Å²) in [7, 11) is 1.33. The van der Waals surface area contributed by atoms with Crippen LogP contribution in [0.2, 0.25) is 0 Å². The number of carbonyl (C=O) groups is 2.